The molecule has 1 atom stereocenters. The lowest BCUT2D eigenvalue weighted by molar-refractivity contribution is -0.242. The van der Waals surface area contributed by atoms with E-state index in [4.69, 9.17) is 17.5 Å². The molecule has 2 N–H and O–H groups in total. The molecular formula is C10H20N2O2S. The molecule has 1 aliphatic heterocycles. The number of nitrogens with zero attached hydrogens (tertiary/aromatic N) is 1. The number of hydrogen-bond acceptors (Lipinski definition) is 5. The van der Waals surface area contributed by atoms with Gasteiger partial charge >= 0.3 is 0 Å². The first kappa shape index (κ1) is 13.0. The highest BCUT2D eigenvalue weighted by Crippen LogP contribution is 2.05. The van der Waals surface area contributed by atoms with Crippen LogP contribution >= 0.6 is 12.2 Å². The van der Waals surface area contributed by atoms with Crippen LogP contribution in [0.2, 0.25) is 0 Å². The summed E-state index contributed by atoms with van der Waals surface area (Å²) in [5.41, 5.74) is 0. The monoisotopic (exact) mass is 232 g/mol. The second-order valence-corrected chi connectivity index (χ2v) is 4.55. The lowest BCUT2D eigenvalue weighted by Crippen LogP contribution is -2.39. The number of rotatable bonds is 7. The number of thiocarbonyl (C=S) groups is 1. The van der Waals surface area contributed by atoms with Crippen LogP contribution in [-0.2, 0) is 4.89 Å². The van der Waals surface area contributed by atoms with Gasteiger partial charge in [-0.2, -0.15) is 0 Å². The molecule has 0 radical (unpaired) electrons. The first-order chi connectivity index (χ1) is 7.24. The maximum Gasteiger partial charge on any atom is 0.0820 e. The van der Waals surface area contributed by atoms with Crippen molar-refractivity contribution in [3.63, 3.8) is 0 Å². The molecule has 0 amide bonds. The fourth-order valence-electron chi connectivity index (χ4n) is 1.78. The number of hydrogen-bond donors (Lipinski definition) is 2. The van der Waals surface area contributed by atoms with E-state index < -0.39 is 0 Å². The van der Waals surface area contributed by atoms with Crippen molar-refractivity contribution >= 4 is 17.1 Å². The van der Waals surface area contributed by atoms with Gasteiger partial charge in [-0.3, -0.25) is 5.26 Å². The normalized spacial score (nSPS) is 21.5. The van der Waals surface area contributed by atoms with Crippen molar-refractivity contribution in [1.82, 2.24) is 10.2 Å². The molecule has 0 aromatic rings. The van der Waals surface area contributed by atoms with Crippen LogP contribution in [0.3, 0.4) is 0 Å². The van der Waals surface area contributed by atoms with E-state index >= 15 is 0 Å². The Morgan fingerprint density at radius 3 is 3.00 bits per heavy atom. The third-order valence-electron chi connectivity index (χ3n) is 2.67. The third-order valence-corrected chi connectivity index (χ3v) is 3.16. The SMILES string of the molecule is CN(CCCCOO)CC1NCCC1=S. The smallest absolute Gasteiger partial charge is 0.0820 e. The molecule has 1 fully saturated rings. The van der Waals surface area contributed by atoms with Crippen molar-refractivity contribution in [3.05, 3.63) is 0 Å². The van der Waals surface area contributed by atoms with Crippen LogP contribution in [0.25, 0.3) is 0 Å². The van der Waals surface area contributed by atoms with Gasteiger partial charge in [-0.25, -0.2) is 4.89 Å². The van der Waals surface area contributed by atoms with Gasteiger partial charge < -0.3 is 10.2 Å². The first-order valence-electron chi connectivity index (χ1n) is 5.45. The van der Waals surface area contributed by atoms with Gasteiger partial charge in [-0.15, -0.1) is 0 Å². The van der Waals surface area contributed by atoms with Crippen molar-refractivity contribution < 1.29 is 10.1 Å². The van der Waals surface area contributed by atoms with Gasteiger partial charge in [0.25, 0.3) is 0 Å². The van der Waals surface area contributed by atoms with Crippen LogP contribution in [0.15, 0.2) is 0 Å². The van der Waals surface area contributed by atoms with Gasteiger partial charge in [-0.1, -0.05) is 12.2 Å². The molecule has 15 heavy (non-hydrogen) atoms. The predicted octanol–water partition coefficient (Wildman–Crippen LogP) is 0.920. The van der Waals surface area contributed by atoms with Crippen LogP contribution in [0.5, 0.6) is 0 Å². The molecular weight excluding hydrogens is 212 g/mol. The summed E-state index contributed by atoms with van der Waals surface area (Å²) in [7, 11) is 2.10. The van der Waals surface area contributed by atoms with Gasteiger partial charge in [0.2, 0.25) is 0 Å². The highest BCUT2D eigenvalue weighted by Gasteiger charge is 2.20. The zero-order valence-corrected chi connectivity index (χ0v) is 10.1. The second-order valence-electron chi connectivity index (χ2n) is 4.03. The van der Waals surface area contributed by atoms with E-state index in [2.05, 4.69) is 22.2 Å². The molecule has 1 unspecified atom stereocenters. The minimum atomic E-state index is 0.388. The third kappa shape index (κ3) is 4.99. The fourth-order valence-corrected chi connectivity index (χ4v) is 2.04. The Morgan fingerprint density at radius 1 is 1.60 bits per heavy atom. The number of nitrogens with one attached hydrogen (secondary N) is 1. The van der Waals surface area contributed by atoms with Crippen molar-refractivity contribution in [2.24, 2.45) is 0 Å². The topological polar surface area (TPSA) is 44.7 Å². The van der Waals surface area contributed by atoms with Crippen molar-refractivity contribution in [2.75, 3.05) is 33.3 Å². The Kier molecular flexibility index (Phi) is 6.28. The van der Waals surface area contributed by atoms with E-state index in [-0.39, 0.29) is 0 Å². The lowest BCUT2D eigenvalue weighted by atomic mass is 10.2. The summed E-state index contributed by atoms with van der Waals surface area (Å²) in [5, 5.41) is 11.5. The van der Waals surface area contributed by atoms with Gasteiger partial charge in [-0.05, 0) is 32.9 Å². The molecule has 0 saturated carbocycles. The summed E-state index contributed by atoms with van der Waals surface area (Å²) in [4.78, 5) is 7.45. The van der Waals surface area contributed by atoms with Crippen LogP contribution in [-0.4, -0.2) is 54.4 Å². The standard InChI is InChI=1S/C10H20N2O2S/c1-12(6-2-3-7-14-13)8-9-10(15)4-5-11-9/h9,11,13H,2-8H2,1H3. The van der Waals surface area contributed by atoms with Crippen molar-refractivity contribution in [3.8, 4) is 0 Å². The summed E-state index contributed by atoms with van der Waals surface area (Å²) < 4.78 is 0. The Labute approximate surface area is 96.5 Å². The van der Waals surface area contributed by atoms with E-state index in [1.807, 2.05) is 0 Å². The first-order valence-corrected chi connectivity index (χ1v) is 5.86. The molecule has 1 heterocycles. The zero-order chi connectivity index (χ0) is 11.1. The number of likely N-dealkylation sites (N-methyl/N-ethyl adjacent to an activating group) is 1. The summed E-state index contributed by atoms with van der Waals surface area (Å²) in [6, 6.07) is 0.388. The average molecular weight is 232 g/mol. The summed E-state index contributed by atoms with van der Waals surface area (Å²) in [5.74, 6) is 0. The van der Waals surface area contributed by atoms with Gasteiger partial charge in [0.05, 0.1) is 12.6 Å². The van der Waals surface area contributed by atoms with E-state index in [0.29, 0.717) is 12.6 Å². The predicted molar refractivity (Wildman–Crippen MR) is 64.3 cm³/mol. The van der Waals surface area contributed by atoms with Crippen molar-refractivity contribution in [2.45, 2.75) is 25.3 Å². The molecule has 4 nitrogen and oxygen atoms in total. The summed E-state index contributed by atoms with van der Waals surface area (Å²) in [6.07, 6.45) is 2.96. The zero-order valence-electron chi connectivity index (χ0n) is 9.24. The molecule has 0 spiro atoms. The van der Waals surface area contributed by atoms with Gasteiger partial charge in [0.15, 0.2) is 0 Å². The molecule has 1 rings (SSSR count). The molecule has 0 aromatic heterocycles. The van der Waals surface area contributed by atoms with Crippen LogP contribution in [0.1, 0.15) is 19.3 Å². The molecule has 0 bridgehead atoms. The van der Waals surface area contributed by atoms with Gasteiger partial charge in [0, 0.05) is 18.0 Å². The molecule has 1 aliphatic rings. The maximum atomic E-state index is 8.16. The minimum absolute atomic E-state index is 0.388. The Morgan fingerprint density at radius 2 is 2.40 bits per heavy atom. The Bertz CT molecular complexity index is 202. The second kappa shape index (κ2) is 7.24. The van der Waals surface area contributed by atoms with E-state index in [9.17, 15) is 0 Å². The molecule has 5 heteroatoms. The number of unbranched alkanes of at least 4 members (excludes halogenated alkanes) is 1. The highest BCUT2D eigenvalue weighted by molar-refractivity contribution is 7.80. The van der Waals surface area contributed by atoms with E-state index in [1.54, 1.807) is 0 Å². The molecule has 88 valence electrons. The van der Waals surface area contributed by atoms with Crippen molar-refractivity contribution in [1.29, 1.82) is 0 Å². The van der Waals surface area contributed by atoms with E-state index in [0.717, 1.165) is 43.8 Å². The maximum absolute atomic E-state index is 8.16. The lowest BCUT2D eigenvalue weighted by Gasteiger charge is -2.20. The fraction of sp³-hybridized carbons (Fsp3) is 0.900. The minimum Gasteiger partial charge on any atom is -0.308 e. The quantitative estimate of drug-likeness (QED) is 0.296. The average Bonchev–Trinajstić information content (AvgIpc) is 2.59. The largest absolute Gasteiger partial charge is 0.308 e. The Hall–Kier alpha value is -0.0700. The van der Waals surface area contributed by atoms with E-state index in [1.165, 1.54) is 0 Å². The molecule has 0 aliphatic carbocycles. The van der Waals surface area contributed by atoms with Gasteiger partial charge in [0.1, 0.15) is 0 Å². The summed E-state index contributed by atoms with van der Waals surface area (Å²) in [6.45, 7) is 3.45. The van der Waals surface area contributed by atoms with Crippen LogP contribution in [0.4, 0.5) is 0 Å². The van der Waals surface area contributed by atoms with Crippen LogP contribution < -0.4 is 5.32 Å². The molecule has 1 saturated heterocycles. The summed E-state index contributed by atoms with van der Waals surface area (Å²) >= 11 is 5.27. The highest BCUT2D eigenvalue weighted by atomic mass is 32.1. The van der Waals surface area contributed by atoms with Crippen LogP contribution in [0, 0.1) is 0 Å². The Balaban J connectivity index is 2.07. The molecule has 0 aromatic carbocycles.